The predicted molar refractivity (Wildman–Crippen MR) is 78.8 cm³/mol. The van der Waals surface area contributed by atoms with Crippen LogP contribution in [0.3, 0.4) is 0 Å². The van der Waals surface area contributed by atoms with E-state index in [0.29, 0.717) is 6.54 Å². The van der Waals surface area contributed by atoms with Crippen LogP contribution in [0.5, 0.6) is 0 Å². The molecule has 0 spiro atoms. The van der Waals surface area contributed by atoms with Crippen molar-refractivity contribution in [1.82, 2.24) is 19.4 Å². The number of fused-ring (bicyclic) bond motifs is 2. The lowest BCUT2D eigenvalue weighted by Crippen LogP contribution is -2.42. The van der Waals surface area contributed by atoms with Gasteiger partial charge in [-0.15, -0.1) is 12.4 Å². The molecule has 3 heterocycles. The molecule has 0 aromatic carbocycles. The van der Waals surface area contributed by atoms with E-state index in [0.717, 1.165) is 36.7 Å². The molecule has 2 aliphatic heterocycles. The van der Waals surface area contributed by atoms with Crippen molar-refractivity contribution in [1.29, 1.82) is 0 Å². The molecule has 1 aromatic rings. The maximum absolute atomic E-state index is 12.8. The molecule has 2 saturated heterocycles. The van der Waals surface area contributed by atoms with Gasteiger partial charge in [0.15, 0.2) is 0 Å². The molecule has 3 rings (SSSR count). The quantitative estimate of drug-likeness (QED) is 0.876. The van der Waals surface area contributed by atoms with Crippen LogP contribution in [0.15, 0.2) is 17.3 Å². The number of hydrogen-bond donors (Lipinski definition) is 1. The third-order valence-electron chi connectivity index (χ3n) is 4.10. The van der Waals surface area contributed by atoms with Crippen LogP contribution in [0, 0.1) is 0 Å². The average molecular weight is 357 g/mol. The second-order valence-corrected chi connectivity index (χ2v) is 7.35. The van der Waals surface area contributed by atoms with Gasteiger partial charge in [-0.3, -0.25) is 4.68 Å². The van der Waals surface area contributed by atoms with Gasteiger partial charge in [-0.2, -0.15) is 9.40 Å². The van der Waals surface area contributed by atoms with Crippen LogP contribution in [0.1, 0.15) is 19.3 Å². The topological polar surface area (TPSA) is 67.2 Å². The maximum atomic E-state index is 12.8. The second kappa shape index (κ2) is 6.77. The van der Waals surface area contributed by atoms with E-state index < -0.39 is 23.0 Å². The van der Waals surface area contributed by atoms with E-state index in [2.05, 4.69) is 10.4 Å². The summed E-state index contributed by atoms with van der Waals surface area (Å²) in [6.07, 6.45) is 2.27. The lowest BCUT2D eigenvalue weighted by molar-refractivity contribution is 0.121. The summed E-state index contributed by atoms with van der Waals surface area (Å²) in [7, 11) is -3.67. The molecule has 10 heteroatoms. The van der Waals surface area contributed by atoms with Crippen molar-refractivity contribution in [3.05, 3.63) is 12.4 Å². The minimum Gasteiger partial charge on any atom is -0.315 e. The van der Waals surface area contributed by atoms with Gasteiger partial charge in [0.2, 0.25) is 10.0 Å². The number of sulfonamides is 1. The van der Waals surface area contributed by atoms with Gasteiger partial charge in [-0.05, 0) is 25.8 Å². The van der Waals surface area contributed by atoms with Crippen molar-refractivity contribution in [2.75, 3.05) is 13.1 Å². The first-order valence-corrected chi connectivity index (χ1v) is 8.47. The number of aromatic nitrogens is 2. The normalized spacial score (nSPS) is 26.0. The second-order valence-electron chi connectivity index (χ2n) is 5.50. The molecule has 0 aliphatic carbocycles. The summed E-state index contributed by atoms with van der Waals surface area (Å²) < 4.78 is 52.7. The summed E-state index contributed by atoms with van der Waals surface area (Å²) in [6.45, 7) is 0.850. The lowest BCUT2D eigenvalue weighted by Gasteiger charge is -2.26. The molecular formula is C12H19ClF2N4O2S. The fraction of sp³-hybridized carbons (Fsp3) is 0.750. The Kier molecular flexibility index (Phi) is 5.41. The number of nitrogens with one attached hydrogen (secondary N) is 1. The first-order chi connectivity index (χ1) is 9.98. The van der Waals surface area contributed by atoms with Gasteiger partial charge in [-0.1, -0.05) is 0 Å². The molecule has 2 atom stereocenters. The molecule has 2 fully saturated rings. The van der Waals surface area contributed by atoms with E-state index in [1.807, 2.05) is 0 Å². The van der Waals surface area contributed by atoms with Gasteiger partial charge in [0.25, 0.3) is 6.43 Å². The highest BCUT2D eigenvalue weighted by molar-refractivity contribution is 7.89. The first kappa shape index (κ1) is 17.6. The van der Waals surface area contributed by atoms with Crippen LogP contribution in [0.25, 0.3) is 0 Å². The van der Waals surface area contributed by atoms with Crippen LogP contribution in [-0.4, -0.2) is 54.1 Å². The van der Waals surface area contributed by atoms with E-state index >= 15 is 0 Å². The zero-order valence-corrected chi connectivity index (χ0v) is 13.5. The van der Waals surface area contributed by atoms with Crippen molar-refractivity contribution < 1.29 is 17.2 Å². The number of rotatable bonds is 4. The maximum Gasteiger partial charge on any atom is 0.257 e. The highest BCUT2D eigenvalue weighted by Gasteiger charge is 2.43. The molecule has 0 saturated carbocycles. The van der Waals surface area contributed by atoms with E-state index in [1.165, 1.54) is 6.20 Å². The van der Waals surface area contributed by atoms with Crippen molar-refractivity contribution in [3.63, 3.8) is 0 Å². The van der Waals surface area contributed by atoms with Crippen LogP contribution in [0.2, 0.25) is 0 Å². The summed E-state index contributed by atoms with van der Waals surface area (Å²) >= 11 is 0. The number of hydrogen-bond acceptors (Lipinski definition) is 4. The molecule has 2 aliphatic rings. The fourth-order valence-corrected chi connectivity index (χ4v) is 5.03. The Hall–Kier alpha value is -0.770. The van der Waals surface area contributed by atoms with Gasteiger partial charge in [0, 0.05) is 24.8 Å². The van der Waals surface area contributed by atoms with Crippen molar-refractivity contribution >= 4 is 22.4 Å². The molecule has 1 aromatic heterocycles. The van der Waals surface area contributed by atoms with Crippen LogP contribution in [0.4, 0.5) is 8.78 Å². The van der Waals surface area contributed by atoms with Gasteiger partial charge >= 0.3 is 0 Å². The smallest absolute Gasteiger partial charge is 0.257 e. The van der Waals surface area contributed by atoms with Gasteiger partial charge in [0.05, 0.1) is 6.20 Å². The van der Waals surface area contributed by atoms with Crippen molar-refractivity contribution in [2.45, 2.75) is 49.2 Å². The highest BCUT2D eigenvalue weighted by Crippen LogP contribution is 2.33. The van der Waals surface area contributed by atoms with E-state index in [9.17, 15) is 17.2 Å². The van der Waals surface area contributed by atoms with Crippen molar-refractivity contribution in [2.24, 2.45) is 0 Å². The average Bonchev–Trinajstić information content (AvgIpc) is 2.93. The minimum atomic E-state index is -3.67. The van der Waals surface area contributed by atoms with E-state index in [-0.39, 0.29) is 29.4 Å². The molecule has 22 heavy (non-hydrogen) atoms. The summed E-state index contributed by atoms with van der Waals surface area (Å²) in [4.78, 5) is 0.00181. The third-order valence-corrected chi connectivity index (χ3v) is 6.06. The van der Waals surface area contributed by atoms with Crippen molar-refractivity contribution in [3.8, 4) is 0 Å². The third kappa shape index (κ3) is 3.27. The SMILES string of the molecule is Cl.O=S(=O)(c1cnn(CC(F)F)c1)N1C2CCNCC1CC2. The Balaban J connectivity index is 0.00000176. The Morgan fingerprint density at radius 3 is 2.77 bits per heavy atom. The Morgan fingerprint density at radius 2 is 2.05 bits per heavy atom. The largest absolute Gasteiger partial charge is 0.315 e. The molecule has 6 nitrogen and oxygen atoms in total. The van der Waals surface area contributed by atoms with Crippen LogP contribution >= 0.6 is 12.4 Å². The van der Waals surface area contributed by atoms with Crippen LogP contribution < -0.4 is 5.32 Å². The molecule has 2 bridgehead atoms. The highest BCUT2D eigenvalue weighted by atomic mass is 35.5. The monoisotopic (exact) mass is 356 g/mol. The molecule has 1 N–H and O–H groups in total. The van der Waals surface area contributed by atoms with Gasteiger partial charge in [0.1, 0.15) is 11.4 Å². The molecule has 126 valence electrons. The number of nitrogens with zero attached hydrogens (tertiary/aromatic N) is 3. The standard InChI is InChI=1S/C12H18F2N4O2S.ClH/c13-12(14)8-17-7-11(6-16-17)21(19,20)18-9-1-2-10(18)5-15-4-3-9;/h6-7,9-10,12,15H,1-5,8H2;1H. The first-order valence-electron chi connectivity index (χ1n) is 7.03. The summed E-state index contributed by atoms with van der Waals surface area (Å²) in [5.41, 5.74) is 0. The molecule has 0 radical (unpaired) electrons. The zero-order valence-electron chi connectivity index (χ0n) is 11.9. The predicted octanol–water partition coefficient (Wildman–Crippen LogP) is 1.08. The van der Waals surface area contributed by atoms with Gasteiger partial charge in [-0.25, -0.2) is 17.2 Å². The van der Waals surface area contributed by atoms with E-state index in [1.54, 1.807) is 4.31 Å². The molecule has 2 unspecified atom stereocenters. The van der Waals surface area contributed by atoms with E-state index in [4.69, 9.17) is 0 Å². The summed E-state index contributed by atoms with van der Waals surface area (Å²) in [5, 5.41) is 6.96. The summed E-state index contributed by atoms with van der Waals surface area (Å²) in [6, 6.07) is -0.0607. The van der Waals surface area contributed by atoms with Gasteiger partial charge < -0.3 is 5.32 Å². The Labute approximate surface area is 134 Å². The fourth-order valence-electron chi connectivity index (χ4n) is 3.17. The molecular weight excluding hydrogens is 338 g/mol. The number of halogens is 3. The molecule has 0 amide bonds. The summed E-state index contributed by atoms with van der Waals surface area (Å²) in [5.74, 6) is 0. The number of alkyl halides is 2. The zero-order chi connectivity index (χ0) is 15.0. The van der Waals surface area contributed by atoms with Crippen LogP contribution in [-0.2, 0) is 16.6 Å². The lowest BCUT2D eigenvalue weighted by atomic mass is 10.1. The minimum absolute atomic E-state index is 0. The Bertz CT molecular complexity index is 596. The Morgan fingerprint density at radius 1 is 1.32 bits per heavy atom.